The Morgan fingerprint density at radius 2 is 1.91 bits per heavy atom. The van der Waals surface area contributed by atoms with Crippen LogP contribution in [0.25, 0.3) is 10.4 Å². The number of sulfonamides is 1. The van der Waals surface area contributed by atoms with E-state index in [2.05, 4.69) is 9.88 Å². The van der Waals surface area contributed by atoms with Gasteiger partial charge >= 0.3 is 0 Å². The van der Waals surface area contributed by atoms with Gasteiger partial charge in [-0.2, -0.15) is 0 Å². The predicted octanol–water partition coefficient (Wildman–Crippen LogP) is 3.82. The van der Waals surface area contributed by atoms with Gasteiger partial charge in [0.05, 0.1) is 5.69 Å². The topological polar surface area (TPSA) is 72.2 Å². The zero-order chi connectivity index (χ0) is 15.7. The number of aromatic nitrogens is 1. The molecule has 2 aromatic heterocycles. The summed E-state index contributed by atoms with van der Waals surface area (Å²) in [5.41, 5.74) is 1.93. The van der Waals surface area contributed by atoms with Crippen LogP contribution in [0.3, 0.4) is 0 Å². The molecule has 0 saturated carbocycles. The zero-order valence-electron chi connectivity index (χ0n) is 12.0. The van der Waals surface area contributed by atoms with E-state index in [1.807, 2.05) is 36.4 Å². The third-order valence-corrected chi connectivity index (χ3v) is 5.75. The molecule has 0 atom stereocenters. The second-order valence-electron chi connectivity index (χ2n) is 4.82. The average Bonchev–Trinajstić information content (AvgIpc) is 3.06. The number of anilines is 1. The standard InChI is InChI=1S/C15H14N2O3S2/c1-10-15(11(2)20-16-10)22(18,19)17-13-8-14(21-9-13)12-6-4-3-5-7-12/h3-9,17H,1-2H3. The van der Waals surface area contributed by atoms with E-state index in [0.717, 1.165) is 10.4 Å². The van der Waals surface area contributed by atoms with Crippen LogP contribution in [0.2, 0.25) is 0 Å². The van der Waals surface area contributed by atoms with Crippen LogP contribution in [0, 0.1) is 13.8 Å². The number of thiophene rings is 1. The number of hydrogen-bond donors (Lipinski definition) is 1. The third-order valence-electron chi connectivity index (χ3n) is 3.15. The second kappa shape index (κ2) is 5.58. The minimum absolute atomic E-state index is 0.0972. The molecule has 7 heteroatoms. The van der Waals surface area contributed by atoms with Crippen molar-refractivity contribution < 1.29 is 12.9 Å². The smallest absolute Gasteiger partial charge is 0.267 e. The molecule has 0 spiro atoms. The molecule has 0 bridgehead atoms. The molecule has 0 radical (unpaired) electrons. The highest BCUT2D eigenvalue weighted by molar-refractivity contribution is 7.92. The van der Waals surface area contributed by atoms with Gasteiger partial charge in [-0.15, -0.1) is 11.3 Å². The van der Waals surface area contributed by atoms with Gasteiger partial charge in [-0.3, -0.25) is 4.72 Å². The lowest BCUT2D eigenvalue weighted by Crippen LogP contribution is -2.13. The minimum atomic E-state index is -3.70. The number of hydrogen-bond acceptors (Lipinski definition) is 5. The lowest BCUT2D eigenvalue weighted by Gasteiger charge is -2.05. The van der Waals surface area contributed by atoms with Crippen LogP contribution in [0.15, 0.2) is 51.2 Å². The molecule has 0 aliphatic heterocycles. The molecule has 3 rings (SSSR count). The lowest BCUT2D eigenvalue weighted by molar-refractivity contribution is 0.390. The molecule has 2 heterocycles. The van der Waals surface area contributed by atoms with Crippen molar-refractivity contribution in [3.8, 4) is 10.4 Å². The fourth-order valence-electron chi connectivity index (χ4n) is 2.21. The van der Waals surface area contributed by atoms with Crippen LogP contribution in [0.5, 0.6) is 0 Å². The monoisotopic (exact) mass is 334 g/mol. The summed E-state index contributed by atoms with van der Waals surface area (Å²) in [6.07, 6.45) is 0. The minimum Gasteiger partial charge on any atom is -0.360 e. The summed E-state index contributed by atoms with van der Waals surface area (Å²) in [5.74, 6) is 0.281. The Morgan fingerprint density at radius 3 is 2.55 bits per heavy atom. The van der Waals surface area contributed by atoms with Gasteiger partial charge in [-0.1, -0.05) is 35.5 Å². The van der Waals surface area contributed by atoms with Crippen LogP contribution in [0.4, 0.5) is 5.69 Å². The summed E-state index contributed by atoms with van der Waals surface area (Å²) in [7, 11) is -3.70. The first-order valence-electron chi connectivity index (χ1n) is 6.57. The molecule has 0 amide bonds. The number of nitrogens with one attached hydrogen (secondary N) is 1. The first kappa shape index (κ1) is 14.8. The van der Waals surface area contributed by atoms with E-state index >= 15 is 0 Å². The highest BCUT2D eigenvalue weighted by Gasteiger charge is 2.24. The van der Waals surface area contributed by atoms with Crippen molar-refractivity contribution in [2.45, 2.75) is 18.7 Å². The summed E-state index contributed by atoms with van der Waals surface area (Å²) in [6, 6.07) is 11.6. The van der Waals surface area contributed by atoms with E-state index in [1.165, 1.54) is 11.3 Å². The van der Waals surface area contributed by atoms with Gasteiger partial charge in [-0.05, 0) is 25.5 Å². The van der Waals surface area contributed by atoms with Gasteiger partial charge in [0.25, 0.3) is 10.0 Å². The normalized spacial score (nSPS) is 11.5. The van der Waals surface area contributed by atoms with Crippen molar-refractivity contribution in [1.29, 1.82) is 0 Å². The number of benzene rings is 1. The van der Waals surface area contributed by atoms with Crippen LogP contribution < -0.4 is 4.72 Å². The number of aryl methyl sites for hydroxylation is 2. The molecule has 1 N–H and O–H groups in total. The molecule has 1 aromatic carbocycles. The van der Waals surface area contributed by atoms with Gasteiger partial charge in [0, 0.05) is 10.3 Å². The molecule has 5 nitrogen and oxygen atoms in total. The summed E-state index contributed by atoms with van der Waals surface area (Å²) in [6.45, 7) is 3.19. The van der Waals surface area contributed by atoms with Crippen molar-refractivity contribution in [2.24, 2.45) is 0 Å². The molecule has 114 valence electrons. The quantitative estimate of drug-likeness (QED) is 0.787. The van der Waals surface area contributed by atoms with Crippen LogP contribution in [0.1, 0.15) is 11.5 Å². The largest absolute Gasteiger partial charge is 0.360 e. The second-order valence-corrected chi connectivity index (χ2v) is 7.35. The van der Waals surface area contributed by atoms with E-state index in [9.17, 15) is 8.42 Å². The Morgan fingerprint density at radius 1 is 1.18 bits per heavy atom. The molecule has 0 unspecified atom stereocenters. The molecule has 0 fully saturated rings. The van der Waals surface area contributed by atoms with Crippen LogP contribution in [-0.4, -0.2) is 13.6 Å². The third kappa shape index (κ3) is 2.77. The van der Waals surface area contributed by atoms with Crippen molar-refractivity contribution in [1.82, 2.24) is 5.16 Å². The Bertz CT molecular complexity index is 877. The number of nitrogens with zero attached hydrogens (tertiary/aromatic N) is 1. The fourth-order valence-corrected chi connectivity index (χ4v) is 4.50. The molecular weight excluding hydrogens is 320 g/mol. The van der Waals surface area contributed by atoms with Crippen molar-refractivity contribution in [2.75, 3.05) is 4.72 Å². The van der Waals surface area contributed by atoms with E-state index in [1.54, 1.807) is 19.2 Å². The fraction of sp³-hybridized carbons (Fsp3) is 0.133. The SMILES string of the molecule is Cc1noc(C)c1S(=O)(=O)Nc1csc(-c2ccccc2)c1. The first-order chi connectivity index (χ1) is 10.5. The van der Waals surface area contributed by atoms with Crippen LogP contribution >= 0.6 is 11.3 Å². The van der Waals surface area contributed by atoms with Gasteiger partial charge in [0.2, 0.25) is 0 Å². The molecule has 22 heavy (non-hydrogen) atoms. The van der Waals surface area contributed by atoms with Gasteiger partial charge in [0.15, 0.2) is 10.7 Å². The highest BCUT2D eigenvalue weighted by Crippen LogP contribution is 2.31. The Balaban J connectivity index is 1.90. The molecule has 0 aliphatic rings. The van der Waals surface area contributed by atoms with E-state index in [-0.39, 0.29) is 10.7 Å². The summed E-state index contributed by atoms with van der Waals surface area (Å²) >= 11 is 1.48. The predicted molar refractivity (Wildman–Crippen MR) is 86.5 cm³/mol. The van der Waals surface area contributed by atoms with Gasteiger partial charge in [-0.25, -0.2) is 8.42 Å². The van der Waals surface area contributed by atoms with E-state index < -0.39 is 10.0 Å². The van der Waals surface area contributed by atoms with E-state index in [4.69, 9.17) is 4.52 Å². The van der Waals surface area contributed by atoms with Crippen molar-refractivity contribution in [3.05, 3.63) is 53.2 Å². The first-order valence-corrected chi connectivity index (χ1v) is 8.93. The molecule has 0 saturated heterocycles. The Hall–Kier alpha value is -2.12. The summed E-state index contributed by atoms with van der Waals surface area (Å²) in [4.78, 5) is 1.09. The van der Waals surface area contributed by atoms with Gasteiger partial charge < -0.3 is 4.52 Å². The zero-order valence-corrected chi connectivity index (χ0v) is 13.7. The van der Waals surface area contributed by atoms with Crippen molar-refractivity contribution >= 4 is 27.0 Å². The van der Waals surface area contributed by atoms with Gasteiger partial charge in [0.1, 0.15) is 5.69 Å². The highest BCUT2D eigenvalue weighted by atomic mass is 32.2. The Kier molecular flexibility index (Phi) is 3.76. The number of rotatable bonds is 4. The molecule has 0 aliphatic carbocycles. The average molecular weight is 334 g/mol. The summed E-state index contributed by atoms with van der Waals surface area (Å²) in [5, 5.41) is 5.46. The maximum absolute atomic E-state index is 12.4. The van der Waals surface area contributed by atoms with E-state index in [0.29, 0.717) is 11.4 Å². The summed E-state index contributed by atoms with van der Waals surface area (Å²) < 4.78 is 32.4. The maximum Gasteiger partial charge on any atom is 0.267 e. The lowest BCUT2D eigenvalue weighted by atomic mass is 10.2. The maximum atomic E-state index is 12.4. The molecular formula is C15H14N2O3S2. The van der Waals surface area contributed by atoms with Crippen molar-refractivity contribution in [3.63, 3.8) is 0 Å². The van der Waals surface area contributed by atoms with Crippen LogP contribution in [-0.2, 0) is 10.0 Å². The molecule has 3 aromatic rings. The Labute approximate surface area is 132 Å².